The molecule has 2 N–H and O–H groups in total. The fraction of sp³-hybridized carbons (Fsp3) is 0.625. The van der Waals surface area contributed by atoms with Crippen molar-refractivity contribution in [2.75, 3.05) is 31.6 Å². The Bertz CT molecular complexity index is 447. The molecule has 1 fully saturated rings. The molecule has 1 aromatic carbocycles. The molecule has 1 heterocycles. The van der Waals surface area contributed by atoms with Crippen molar-refractivity contribution in [3.8, 4) is 0 Å². The first-order chi connectivity index (χ1) is 9.52. The topological polar surface area (TPSA) is 32.5 Å². The first kappa shape index (κ1) is 15.3. The second-order valence-electron chi connectivity index (χ2n) is 5.86. The normalized spacial score (nSPS) is 22.6. The number of nitrogens with two attached hydrogens (primary N) is 1. The van der Waals surface area contributed by atoms with Gasteiger partial charge in [0.2, 0.25) is 0 Å². The maximum atomic E-state index is 13.5. The number of halogens is 1. The van der Waals surface area contributed by atoms with Crippen LogP contribution in [0.5, 0.6) is 0 Å². The van der Waals surface area contributed by atoms with Gasteiger partial charge in [0.05, 0.1) is 0 Å². The largest absolute Gasteiger partial charge is 0.367 e. The van der Waals surface area contributed by atoms with E-state index in [9.17, 15) is 4.39 Å². The van der Waals surface area contributed by atoms with E-state index in [4.69, 9.17) is 5.73 Å². The second kappa shape index (κ2) is 6.55. The lowest BCUT2D eigenvalue weighted by Gasteiger charge is -2.34. The Morgan fingerprint density at radius 3 is 2.80 bits per heavy atom. The van der Waals surface area contributed by atoms with Crippen LogP contribution in [0.2, 0.25) is 0 Å². The Kier molecular flexibility index (Phi) is 5.00. The van der Waals surface area contributed by atoms with E-state index < -0.39 is 0 Å². The Balaban J connectivity index is 2.37. The van der Waals surface area contributed by atoms with Crippen LogP contribution in [0.15, 0.2) is 18.2 Å². The highest BCUT2D eigenvalue weighted by Gasteiger charge is 2.24. The van der Waals surface area contributed by atoms with Gasteiger partial charge in [0.15, 0.2) is 0 Å². The minimum atomic E-state index is -0.207. The van der Waals surface area contributed by atoms with E-state index in [1.165, 1.54) is 0 Å². The fourth-order valence-corrected chi connectivity index (χ4v) is 3.06. The van der Waals surface area contributed by atoms with Gasteiger partial charge in [0, 0.05) is 30.9 Å². The molecule has 3 nitrogen and oxygen atoms in total. The van der Waals surface area contributed by atoms with Gasteiger partial charge in [-0.25, -0.2) is 4.39 Å². The average Bonchev–Trinajstić information content (AvgIpc) is 2.60. The molecule has 1 saturated heterocycles. The van der Waals surface area contributed by atoms with Crippen molar-refractivity contribution in [1.82, 2.24) is 4.90 Å². The van der Waals surface area contributed by atoms with Gasteiger partial charge in [-0.15, -0.1) is 0 Å². The van der Waals surface area contributed by atoms with Gasteiger partial charge in [-0.2, -0.15) is 0 Å². The number of benzene rings is 1. The van der Waals surface area contributed by atoms with Gasteiger partial charge in [-0.1, -0.05) is 6.92 Å². The van der Waals surface area contributed by atoms with Crippen LogP contribution in [-0.4, -0.2) is 37.6 Å². The van der Waals surface area contributed by atoms with Crippen LogP contribution < -0.4 is 10.6 Å². The summed E-state index contributed by atoms with van der Waals surface area (Å²) in [6, 6.07) is 5.33. The Hall–Kier alpha value is -1.13. The summed E-state index contributed by atoms with van der Waals surface area (Å²) in [6.45, 7) is 7.30. The van der Waals surface area contributed by atoms with Gasteiger partial charge < -0.3 is 15.5 Å². The number of hydrogen-bond donors (Lipinski definition) is 1. The van der Waals surface area contributed by atoms with Gasteiger partial charge in [-0.3, -0.25) is 0 Å². The fourth-order valence-electron chi connectivity index (χ4n) is 3.06. The van der Waals surface area contributed by atoms with E-state index in [0.29, 0.717) is 6.04 Å². The summed E-state index contributed by atoms with van der Waals surface area (Å²) in [5.41, 5.74) is 8.05. The minimum Gasteiger partial charge on any atom is -0.367 e. The lowest BCUT2D eigenvalue weighted by atomic mass is 10.0. The summed E-state index contributed by atoms with van der Waals surface area (Å²) in [7, 11) is 2.17. The molecule has 1 aliphatic heterocycles. The van der Waals surface area contributed by atoms with Gasteiger partial charge >= 0.3 is 0 Å². The van der Waals surface area contributed by atoms with Crippen LogP contribution in [0, 0.1) is 5.82 Å². The predicted molar refractivity (Wildman–Crippen MR) is 82.5 cm³/mol. The molecule has 0 saturated carbocycles. The number of anilines is 1. The van der Waals surface area contributed by atoms with Crippen molar-refractivity contribution in [2.24, 2.45) is 5.73 Å². The SMILES string of the molecule is CCC1CN(C)CCCN1c1ccc(F)cc1[C@@H](C)N. The second-order valence-corrected chi connectivity index (χ2v) is 5.86. The maximum absolute atomic E-state index is 13.5. The summed E-state index contributed by atoms with van der Waals surface area (Å²) in [5.74, 6) is -0.207. The monoisotopic (exact) mass is 279 g/mol. The molecule has 0 radical (unpaired) electrons. The summed E-state index contributed by atoms with van der Waals surface area (Å²) >= 11 is 0. The lowest BCUT2D eigenvalue weighted by molar-refractivity contribution is 0.328. The first-order valence-corrected chi connectivity index (χ1v) is 7.53. The zero-order chi connectivity index (χ0) is 14.7. The molecule has 20 heavy (non-hydrogen) atoms. The van der Waals surface area contributed by atoms with Gasteiger partial charge in [-0.05, 0) is 57.1 Å². The molecule has 0 bridgehead atoms. The minimum absolute atomic E-state index is 0.154. The molecular weight excluding hydrogens is 253 g/mol. The van der Waals surface area contributed by atoms with E-state index in [1.807, 2.05) is 13.0 Å². The van der Waals surface area contributed by atoms with E-state index in [-0.39, 0.29) is 11.9 Å². The van der Waals surface area contributed by atoms with Crippen molar-refractivity contribution >= 4 is 5.69 Å². The molecular formula is C16H26FN3. The molecule has 0 amide bonds. The molecule has 1 aliphatic rings. The quantitative estimate of drug-likeness (QED) is 0.923. The third-order valence-electron chi connectivity index (χ3n) is 4.16. The number of hydrogen-bond acceptors (Lipinski definition) is 3. The zero-order valence-corrected chi connectivity index (χ0v) is 12.8. The van der Waals surface area contributed by atoms with Crippen molar-refractivity contribution in [3.05, 3.63) is 29.6 Å². The van der Waals surface area contributed by atoms with E-state index in [1.54, 1.807) is 12.1 Å². The summed E-state index contributed by atoms with van der Waals surface area (Å²) < 4.78 is 13.5. The zero-order valence-electron chi connectivity index (χ0n) is 12.8. The van der Waals surface area contributed by atoms with E-state index in [2.05, 4.69) is 23.8 Å². The number of rotatable bonds is 3. The first-order valence-electron chi connectivity index (χ1n) is 7.53. The molecule has 1 unspecified atom stereocenters. The van der Waals surface area contributed by atoms with Crippen molar-refractivity contribution in [3.63, 3.8) is 0 Å². The molecule has 4 heteroatoms. The molecule has 0 spiro atoms. The molecule has 1 aromatic rings. The van der Waals surface area contributed by atoms with E-state index in [0.717, 1.165) is 43.7 Å². The highest BCUT2D eigenvalue weighted by molar-refractivity contribution is 5.56. The molecule has 0 aliphatic carbocycles. The average molecular weight is 279 g/mol. The summed E-state index contributed by atoms with van der Waals surface area (Å²) in [5, 5.41) is 0. The third kappa shape index (κ3) is 3.30. The Morgan fingerprint density at radius 2 is 2.15 bits per heavy atom. The number of nitrogens with zero attached hydrogens (tertiary/aromatic N) is 2. The Labute approximate surface area is 121 Å². The van der Waals surface area contributed by atoms with Crippen molar-refractivity contribution < 1.29 is 4.39 Å². The number of likely N-dealkylation sites (N-methyl/N-ethyl adjacent to an activating group) is 1. The van der Waals surface area contributed by atoms with Crippen LogP contribution in [-0.2, 0) is 0 Å². The van der Waals surface area contributed by atoms with Gasteiger partial charge in [0.1, 0.15) is 5.82 Å². The van der Waals surface area contributed by atoms with Crippen LogP contribution in [0.3, 0.4) is 0 Å². The highest BCUT2D eigenvalue weighted by Crippen LogP contribution is 2.29. The smallest absolute Gasteiger partial charge is 0.123 e. The van der Waals surface area contributed by atoms with Crippen LogP contribution in [0.25, 0.3) is 0 Å². The standard InChI is InChI=1S/C16H26FN3/c1-4-14-11-19(3)8-5-9-20(14)16-7-6-13(17)10-15(16)12(2)18/h6-7,10,12,14H,4-5,8-9,11,18H2,1-3H3/t12-,14?/m1/s1. The van der Waals surface area contributed by atoms with Crippen molar-refractivity contribution in [1.29, 1.82) is 0 Å². The molecule has 2 rings (SSSR count). The highest BCUT2D eigenvalue weighted by atomic mass is 19.1. The van der Waals surface area contributed by atoms with Crippen molar-refractivity contribution in [2.45, 2.75) is 38.8 Å². The van der Waals surface area contributed by atoms with Crippen LogP contribution >= 0.6 is 0 Å². The summed E-state index contributed by atoms with van der Waals surface area (Å²) in [6.07, 6.45) is 2.21. The van der Waals surface area contributed by atoms with Crippen LogP contribution in [0.4, 0.5) is 10.1 Å². The predicted octanol–water partition coefficient (Wildman–Crippen LogP) is 2.77. The molecule has 0 aromatic heterocycles. The van der Waals surface area contributed by atoms with Gasteiger partial charge in [0.25, 0.3) is 0 Å². The summed E-state index contributed by atoms with van der Waals surface area (Å²) in [4.78, 5) is 4.80. The van der Waals surface area contributed by atoms with E-state index >= 15 is 0 Å². The maximum Gasteiger partial charge on any atom is 0.123 e. The molecule has 2 atom stereocenters. The molecule has 112 valence electrons. The van der Waals surface area contributed by atoms with Crippen LogP contribution in [0.1, 0.15) is 38.3 Å². The lowest BCUT2D eigenvalue weighted by Crippen LogP contribution is -2.40. The Morgan fingerprint density at radius 1 is 1.40 bits per heavy atom. The third-order valence-corrected chi connectivity index (χ3v) is 4.16.